The molecule has 1 aliphatic heterocycles. The highest BCUT2D eigenvalue weighted by atomic mass is 19.3. The van der Waals surface area contributed by atoms with E-state index in [2.05, 4.69) is 0 Å². The zero-order valence-electron chi connectivity index (χ0n) is 9.45. The number of ether oxygens (including phenoxy) is 1. The van der Waals surface area contributed by atoms with Crippen LogP contribution in [0.3, 0.4) is 0 Å². The van der Waals surface area contributed by atoms with Gasteiger partial charge >= 0.3 is 0 Å². The van der Waals surface area contributed by atoms with Gasteiger partial charge in [-0.1, -0.05) is 0 Å². The van der Waals surface area contributed by atoms with Gasteiger partial charge in [0.25, 0.3) is 11.8 Å². The van der Waals surface area contributed by atoms with Crippen molar-refractivity contribution in [1.82, 2.24) is 4.90 Å². The lowest BCUT2D eigenvalue weighted by Crippen LogP contribution is -2.55. The zero-order chi connectivity index (χ0) is 12.3. The Morgan fingerprint density at radius 1 is 1.69 bits per heavy atom. The Morgan fingerprint density at radius 3 is 2.75 bits per heavy atom. The lowest BCUT2D eigenvalue weighted by atomic mass is 10.0. The van der Waals surface area contributed by atoms with Crippen LogP contribution in [0, 0.1) is 0 Å². The maximum atomic E-state index is 13.5. The van der Waals surface area contributed by atoms with E-state index >= 15 is 0 Å². The normalized spacial score (nSPS) is 26.6. The molecule has 0 radical (unpaired) electrons. The molecule has 0 aromatic rings. The molecule has 1 aliphatic rings. The molecule has 1 saturated heterocycles. The summed E-state index contributed by atoms with van der Waals surface area (Å²) in [5.74, 6) is -3.70. The number of aliphatic hydroxyl groups is 1. The summed E-state index contributed by atoms with van der Waals surface area (Å²) in [5, 5.41) is 9.05. The van der Waals surface area contributed by atoms with Gasteiger partial charge in [-0.2, -0.15) is 0 Å². The smallest absolute Gasteiger partial charge is 0.290 e. The first-order valence-corrected chi connectivity index (χ1v) is 5.34. The second-order valence-corrected chi connectivity index (χ2v) is 3.93. The van der Waals surface area contributed by atoms with Gasteiger partial charge in [0.1, 0.15) is 12.2 Å². The fourth-order valence-electron chi connectivity index (χ4n) is 1.78. The van der Waals surface area contributed by atoms with E-state index in [-0.39, 0.29) is 19.6 Å². The number of carbonyl (C=O) groups is 1. The van der Waals surface area contributed by atoms with E-state index in [0.29, 0.717) is 0 Å². The fraction of sp³-hybridized carbons (Fsp3) is 0.900. The van der Waals surface area contributed by atoms with Crippen LogP contribution in [0.4, 0.5) is 8.78 Å². The number of aliphatic hydroxyl groups excluding tert-OH is 1. The van der Waals surface area contributed by atoms with E-state index in [9.17, 15) is 13.6 Å². The monoisotopic (exact) mass is 237 g/mol. The Kier molecular flexibility index (Phi) is 4.21. The molecule has 1 N–H and O–H groups in total. The minimum absolute atomic E-state index is 0.0965. The van der Waals surface area contributed by atoms with Crippen molar-refractivity contribution in [2.45, 2.75) is 38.4 Å². The molecule has 0 aromatic heterocycles. The highest BCUT2D eigenvalue weighted by Crippen LogP contribution is 2.29. The number of likely N-dealkylation sites (tertiary alicyclic amines) is 1. The molecule has 6 heteroatoms. The number of nitrogens with zero attached hydrogens (tertiary/aromatic N) is 1. The number of amides is 1. The summed E-state index contributed by atoms with van der Waals surface area (Å²) in [6, 6.07) is 0. The Bertz CT molecular complexity index is 258. The van der Waals surface area contributed by atoms with Gasteiger partial charge < -0.3 is 14.7 Å². The topological polar surface area (TPSA) is 49.8 Å². The number of halogens is 2. The number of carbonyl (C=O) groups excluding carboxylic acids is 1. The standard InChI is InChI=1S/C10H17F2NO3/c1-3-16-8-4-5-13(6-10(8,11)12)9(15)7(2)14/h7-8,14H,3-6H2,1-2H3/t7-,8-/m0/s1. The van der Waals surface area contributed by atoms with Crippen molar-refractivity contribution < 1.29 is 23.4 Å². The van der Waals surface area contributed by atoms with Crippen LogP contribution >= 0.6 is 0 Å². The molecule has 1 heterocycles. The van der Waals surface area contributed by atoms with Crippen molar-refractivity contribution in [3.8, 4) is 0 Å². The first-order chi connectivity index (χ1) is 7.38. The summed E-state index contributed by atoms with van der Waals surface area (Å²) >= 11 is 0. The second-order valence-electron chi connectivity index (χ2n) is 3.93. The third-order valence-corrected chi connectivity index (χ3v) is 2.57. The zero-order valence-corrected chi connectivity index (χ0v) is 9.45. The predicted molar refractivity (Wildman–Crippen MR) is 53.2 cm³/mol. The van der Waals surface area contributed by atoms with Gasteiger partial charge in [-0.15, -0.1) is 0 Å². The van der Waals surface area contributed by atoms with Crippen LogP contribution in [-0.2, 0) is 9.53 Å². The molecule has 0 aromatic carbocycles. The Hall–Kier alpha value is -0.750. The van der Waals surface area contributed by atoms with Crippen LogP contribution in [0.1, 0.15) is 20.3 Å². The summed E-state index contributed by atoms with van der Waals surface area (Å²) < 4.78 is 32.0. The molecule has 0 spiro atoms. The number of hydrogen-bond donors (Lipinski definition) is 1. The molecule has 1 amide bonds. The third-order valence-electron chi connectivity index (χ3n) is 2.57. The average molecular weight is 237 g/mol. The van der Waals surface area contributed by atoms with Crippen LogP contribution in [-0.4, -0.2) is 53.7 Å². The van der Waals surface area contributed by atoms with Gasteiger partial charge in [0, 0.05) is 13.2 Å². The summed E-state index contributed by atoms with van der Waals surface area (Å²) in [5.41, 5.74) is 0. The largest absolute Gasteiger partial charge is 0.384 e. The van der Waals surface area contributed by atoms with E-state index in [0.717, 1.165) is 4.90 Å². The van der Waals surface area contributed by atoms with Crippen LogP contribution in [0.5, 0.6) is 0 Å². The van der Waals surface area contributed by atoms with Gasteiger partial charge in [-0.05, 0) is 20.3 Å². The Labute approximate surface area is 93.2 Å². The number of piperidine rings is 1. The van der Waals surface area contributed by atoms with Crippen molar-refractivity contribution in [2.75, 3.05) is 19.7 Å². The molecular formula is C10H17F2NO3. The minimum Gasteiger partial charge on any atom is -0.384 e. The van der Waals surface area contributed by atoms with Crippen molar-refractivity contribution in [3.63, 3.8) is 0 Å². The Balaban J connectivity index is 2.63. The van der Waals surface area contributed by atoms with E-state index in [4.69, 9.17) is 9.84 Å². The van der Waals surface area contributed by atoms with E-state index in [1.165, 1.54) is 6.92 Å². The molecular weight excluding hydrogens is 220 g/mol. The highest BCUT2D eigenvalue weighted by molar-refractivity contribution is 5.80. The molecule has 0 bridgehead atoms. The molecule has 0 unspecified atom stereocenters. The second kappa shape index (κ2) is 5.05. The Morgan fingerprint density at radius 2 is 2.31 bits per heavy atom. The van der Waals surface area contributed by atoms with Crippen LogP contribution in [0.25, 0.3) is 0 Å². The highest BCUT2D eigenvalue weighted by Gasteiger charge is 2.46. The van der Waals surface area contributed by atoms with E-state index in [1.807, 2.05) is 0 Å². The van der Waals surface area contributed by atoms with Crippen LogP contribution < -0.4 is 0 Å². The maximum Gasteiger partial charge on any atom is 0.290 e. The molecule has 94 valence electrons. The number of hydrogen-bond acceptors (Lipinski definition) is 3. The molecule has 2 atom stereocenters. The fourth-order valence-corrected chi connectivity index (χ4v) is 1.78. The molecule has 1 rings (SSSR count). The first kappa shape index (κ1) is 13.3. The lowest BCUT2D eigenvalue weighted by Gasteiger charge is -2.38. The van der Waals surface area contributed by atoms with Crippen LogP contribution in [0.2, 0.25) is 0 Å². The molecule has 0 saturated carbocycles. The average Bonchev–Trinajstić information content (AvgIpc) is 2.19. The van der Waals surface area contributed by atoms with E-state index < -0.39 is 30.6 Å². The summed E-state index contributed by atoms with van der Waals surface area (Å²) in [6.07, 6.45) is -2.27. The quantitative estimate of drug-likeness (QED) is 0.783. The summed E-state index contributed by atoms with van der Waals surface area (Å²) in [6.45, 7) is 2.68. The van der Waals surface area contributed by atoms with Gasteiger partial charge in [0.05, 0.1) is 6.54 Å². The van der Waals surface area contributed by atoms with Gasteiger partial charge in [0.15, 0.2) is 0 Å². The summed E-state index contributed by atoms with van der Waals surface area (Å²) in [7, 11) is 0. The summed E-state index contributed by atoms with van der Waals surface area (Å²) in [4.78, 5) is 12.3. The molecule has 4 nitrogen and oxygen atoms in total. The first-order valence-electron chi connectivity index (χ1n) is 5.34. The number of rotatable bonds is 3. The SMILES string of the molecule is CCO[C@H]1CCN(C(=O)[C@H](C)O)CC1(F)F. The van der Waals surface area contributed by atoms with Crippen LogP contribution in [0.15, 0.2) is 0 Å². The van der Waals surface area contributed by atoms with Crippen molar-refractivity contribution >= 4 is 5.91 Å². The van der Waals surface area contributed by atoms with Gasteiger partial charge in [0.2, 0.25) is 0 Å². The van der Waals surface area contributed by atoms with E-state index in [1.54, 1.807) is 6.92 Å². The maximum absolute atomic E-state index is 13.5. The van der Waals surface area contributed by atoms with Crippen molar-refractivity contribution in [1.29, 1.82) is 0 Å². The van der Waals surface area contributed by atoms with Gasteiger partial charge in [-0.25, -0.2) is 8.78 Å². The number of alkyl halides is 2. The molecule has 16 heavy (non-hydrogen) atoms. The minimum atomic E-state index is -3.04. The third kappa shape index (κ3) is 2.89. The van der Waals surface area contributed by atoms with Crippen molar-refractivity contribution in [2.24, 2.45) is 0 Å². The molecule has 1 fully saturated rings. The molecule has 0 aliphatic carbocycles. The van der Waals surface area contributed by atoms with Crippen molar-refractivity contribution in [3.05, 3.63) is 0 Å². The predicted octanol–water partition coefficient (Wildman–Crippen LogP) is 0.640. The van der Waals surface area contributed by atoms with Gasteiger partial charge in [-0.3, -0.25) is 4.79 Å². The lowest BCUT2D eigenvalue weighted by molar-refractivity contribution is -0.182.